The van der Waals surface area contributed by atoms with E-state index in [2.05, 4.69) is 10.00 Å². The quantitative estimate of drug-likeness (QED) is 0.838. The molecule has 0 spiro atoms. The summed E-state index contributed by atoms with van der Waals surface area (Å²) in [5, 5.41) is 4.40. The van der Waals surface area contributed by atoms with Crippen molar-refractivity contribution in [1.29, 1.82) is 0 Å². The number of hydrogen-bond donors (Lipinski definition) is 0. The van der Waals surface area contributed by atoms with Crippen LogP contribution in [0.25, 0.3) is 0 Å². The number of furan rings is 1. The average molecular weight is 275 g/mol. The van der Waals surface area contributed by atoms with E-state index < -0.39 is 0 Å². The zero-order valence-electron chi connectivity index (χ0n) is 12.1. The molecule has 20 heavy (non-hydrogen) atoms. The lowest BCUT2D eigenvalue weighted by atomic mass is 9.97. The van der Waals surface area contributed by atoms with E-state index in [-0.39, 0.29) is 0 Å². The van der Waals surface area contributed by atoms with Gasteiger partial charge in [-0.1, -0.05) is 0 Å². The molecule has 108 valence electrons. The average Bonchev–Trinajstić information content (AvgIpc) is 3.07. The number of aryl methyl sites for hydroxylation is 1. The Kier molecular flexibility index (Phi) is 3.89. The van der Waals surface area contributed by atoms with Crippen molar-refractivity contribution in [3.05, 3.63) is 41.6 Å². The molecule has 0 amide bonds. The van der Waals surface area contributed by atoms with E-state index in [0.29, 0.717) is 5.92 Å². The molecule has 0 aromatic carbocycles. The number of ether oxygens (including phenoxy) is 1. The lowest BCUT2D eigenvalue weighted by molar-refractivity contribution is 0.100. The van der Waals surface area contributed by atoms with Crippen LogP contribution in [0.4, 0.5) is 0 Å². The van der Waals surface area contributed by atoms with Gasteiger partial charge >= 0.3 is 0 Å². The fourth-order valence-corrected chi connectivity index (χ4v) is 2.98. The summed E-state index contributed by atoms with van der Waals surface area (Å²) in [6.07, 6.45) is 3.70. The summed E-state index contributed by atoms with van der Waals surface area (Å²) in [6.45, 7) is 6.27. The Bertz CT molecular complexity index is 547. The van der Waals surface area contributed by atoms with Crippen molar-refractivity contribution in [2.24, 2.45) is 7.05 Å². The molecule has 1 aliphatic heterocycles. The van der Waals surface area contributed by atoms with Gasteiger partial charge in [0.15, 0.2) is 0 Å². The van der Waals surface area contributed by atoms with Gasteiger partial charge < -0.3 is 9.15 Å². The number of nitrogens with zero attached hydrogens (tertiary/aromatic N) is 3. The second-order valence-electron chi connectivity index (χ2n) is 5.28. The molecule has 1 unspecified atom stereocenters. The van der Waals surface area contributed by atoms with E-state index in [1.165, 1.54) is 11.3 Å². The summed E-state index contributed by atoms with van der Waals surface area (Å²) < 4.78 is 13.1. The SMILES string of the molecule is CCOCC1CN(Cc2ccco2)Cc2cnn(C)c21. The predicted octanol–water partition coefficient (Wildman–Crippen LogP) is 2.15. The van der Waals surface area contributed by atoms with Crippen LogP contribution >= 0.6 is 0 Å². The first-order chi connectivity index (χ1) is 9.78. The lowest BCUT2D eigenvalue weighted by Gasteiger charge is -2.32. The van der Waals surface area contributed by atoms with Crippen LogP contribution in [0.3, 0.4) is 0 Å². The highest BCUT2D eigenvalue weighted by atomic mass is 16.5. The van der Waals surface area contributed by atoms with E-state index in [9.17, 15) is 0 Å². The Hall–Kier alpha value is -1.59. The molecular weight excluding hydrogens is 254 g/mol. The van der Waals surface area contributed by atoms with Gasteiger partial charge in [-0.05, 0) is 19.1 Å². The first-order valence-electron chi connectivity index (χ1n) is 7.11. The fourth-order valence-electron chi connectivity index (χ4n) is 2.98. The minimum Gasteiger partial charge on any atom is -0.468 e. The predicted molar refractivity (Wildman–Crippen MR) is 75.3 cm³/mol. The van der Waals surface area contributed by atoms with E-state index in [4.69, 9.17) is 9.15 Å². The molecule has 1 atom stereocenters. The molecule has 0 fully saturated rings. The molecule has 5 heteroatoms. The maximum Gasteiger partial charge on any atom is 0.117 e. The van der Waals surface area contributed by atoms with Crippen molar-refractivity contribution in [3.63, 3.8) is 0 Å². The van der Waals surface area contributed by atoms with Crippen LogP contribution < -0.4 is 0 Å². The molecule has 0 aliphatic carbocycles. The normalized spacial score (nSPS) is 19.2. The maximum absolute atomic E-state index is 5.65. The Morgan fingerprint density at radius 3 is 3.15 bits per heavy atom. The van der Waals surface area contributed by atoms with Gasteiger partial charge in [-0.2, -0.15) is 5.10 Å². The zero-order valence-corrected chi connectivity index (χ0v) is 12.1. The first-order valence-corrected chi connectivity index (χ1v) is 7.11. The van der Waals surface area contributed by atoms with Crippen molar-refractivity contribution in [2.45, 2.75) is 25.9 Å². The van der Waals surface area contributed by atoms with Crippen LogP contribution in [0.2, 0.25) is 0 Å². The second-order valence-corrected chi connectivity index (χ2v) is 5.28. The monoisotopic (exact) mass is 275 g/mol. The highest BCUT2D eigenvalue weighted by Crippen LogP contribution is 2.29. The Labute approximate surface area is 119 Å². The van der Waals surface area contributed by atoms with Gasteiger partial charge in [-0.3, -0.25) is 9.58 Å². The van der Waals surface area contributed by atoms with Crippen LogP contribution in [0.5, 0.6) is 0 Å². The van der Waals surface area contributed by atoms with Crippen molar-refractivity contribution < 1.29 is 9.15 Å². The minimum atomic E-state index is 0.376. The first kappa shape index (κ1) is 13.4. The summed E-state index contributed by atoms with van der Waals surface area (Å²) in [5.41, 5.74) is 2.61. The van der Waals surface area contributed by atoms with Gasteiger partial charge in [0.05, 0.1) is 25.6 Å². The standard InChI is InChI=1S/C15H21N3O2/c1-3-19-11-13-9-18(10-14-5-4-6-20-14)8-12-7-16-17(2)15(12)13/h4-7,13H,3,8-11H2,1-2H3. The molecule has 1 aliphatic rings. The molecular formula is C15H21N3O2. The number of aromatic nitrogens is 2. The highest BCUT2D eigenvalue weighted by Gasteiger charge is 2.29. The Morgan fingerprint density at radius 1 is 1.50 bits per heavy atom. The number of hydrogen-bond acceptors (Lipinski definition) is 4. The molecule has 3 heterocycles. The van der Waals surface area contributed by atoms with Crippen LogP contribution in [0.1, 0.15) is 29.9 Å². The van der Waals surface area contributed by atoms with Crippen LogP contribution in [-0.2, 0) is 24.9 Å². The van der Waals surface area contributed by atoms with Crippen LogP contribution in [-0.4, -0.2) is 34.4 Å². The van der Waals surface area contributed by atoms with Gasteiger partial charge in [0.1, 0.15) is 5.76 Å². The van der Waals surface area contributed by atoms with Crippen LogP contribution in [0, 0.1) is 0 Å². The largest absolute Gasteiger partial charge is 0.468 e. The fraction of sp³-hybridized carbons (Fsp3) is 0.533. The summed E-state index contributed by atoms with van der Waals surface area (Å²) in [6, 6.07) is 3.96. The summed E-state index contributed by atoms with van der Waals surface area (Å²) in [7, 11) is 2.01. The topological polar surface area (TPSA) is 43.4 Å². The third-order valence-electron chi connectivity index (χ3n) is 3.81. The van der Waals surface area contributed by atoms with Gasteiger partial charge in [0.2, 0.25) is 0 Å². The van der Waals surface area contributed by atoms with Crippen molar-refractivity contribution >= 4 is 0 Å². The zero-order chi connectivity index (χ0) is 13.9. The molecule has 2 aromatic heterocycles. The second kappa shape index (κ2) is 5.81. The van der Waals surface area contributed by atoms with E-state index in [0.717, 1.165) is 38.6 Å². The highest BCUT2D eigenvalue weighted by molar-refractivity contribution is 5.25. The number of rotatable bonds is 5. The van der Waals surface area contributed by atoms with E-state index in [1.807, 2.05) is 37.0 Å². The van der Waals surface area contributed by atoms with Crippen LogP contribution in [0.15, 0.2) is 29.0 Å². The Balaban J connectivity index is 1.77. The molecule has 0 bridgehead atoms. The van der Waals surface area contributed by atoms with Gasteiger partial charge in [0, 0.05) is 43.9 Å². The molecule has 0 radical (unpaired) electrons. The van der Waals surface area contributed by atoms with Gasteiger partial charge in [-0.25, -0.2) is 0 Å². The third kappa shape index (κ3) is 2.64. The van der Waals surface area contributed by atoms with E-state index >= 15 is 0 Å². The van der Waals surface area contributed by atoms with Gasteiger partial charge in [-0.15, -0.1) is 0 Å². The van der Waals surface area contributed by atoms with Gasteiger partial charge in [0.25, 0.3) is 0 Å². The minimum absolute atomic E-state index is 0.376. The molecule has 0 saturated heterocycles. The maximum atomic E-state index is 5.65. The molecule has 0 N–H and O–H groups in total. The van der Waals surface area contributed by atoms with Crippen molar-refractivity contribution in [1.82, 2.24) is 14.7 Å². The third-order valence-corrected chi connectivity index (χ3v) is 3.81. The molecule has 0 saturated carbocycles. The van der Waals surface area contributed by atoms with Crippen molar-refractivity contribution in [3.8, 4) is 0 Å². The smallest absolute Gasteiger partial charge is 0.117 e. The van der Waals surface area contributed by atoms with E-state index in [1.54, 1.807) is 6.26 Å². The molecule has 5 nitrogen and oxygen atoms in total. The summed E-state index contributed by atoms with van der Waals surface area (Å²) in [4.78, 5) is 2.40. The Morgan fingerprint density at radius 2 is 2.40 bits per heavy atom. The van der Waals surface area contributed by atoms with Crippen molar-refractivity contribution in [2.75, 3.05) is 19.8 Å². The summed E-state index contributed by atoms with van der Waals surface area (Å²) in [5.74, 6) is 1.38. The molecule has 3 rings (SSSR count). The summed E-state index contributed by atoms with van der Waals surface area (Å²) >= 11 is 0. The molecule has 2 aromatic rings. The number of fused-ring (bicyclic) bond motifs is 1. The lowest BCUT2D eigenvalue weighted by Crippen LogP contribution is -2.35.